The van der Waals surface area contributed by atoms with Crippen molar-refractivity contribution in [2.75, 3.05) is 26.0 Å². The maximum absolute atomic E-state index is 12.2. The molecule has 1 aromatic carbocycles. The van der Waals surface area contributed by atoms with Crippen molar-refractivity contribution in [3.63, 3.8) is 0 Å². The van der Waals surface area contributed by atoms with E-state index in [9.17, 15) is 14.9 Å². The number of amides is 1. The van der Waals surface area contributed by atoms with Crippen molar-refractivity contribution in [2.24, 2.45) is 0 Å². The van der Waals surface area contributed by atoms with Crippen molar-refractivity contribution < 1.29 is 9.72 Å². The van der Waals surface area contributed by atoms with Gasteiger partial charge in [0.15, 0.2) is 0 Å². The van der Waals surface area contributed by atoms with Crippen LogP contribution in [0.4, 0.5) is 11.4 Å². The van der Waals surface area contributed by atoms with E-state index >= 15 is 0 Å². The molecule has 6 nitrogen and oxygen atoms in total. The van der Waals surface area contributed by atoms with Gasteiger partial charge in [-0.2, -0.15) is 0 Å². The third-order valence-electron chi connectivity index (χ3n) is 2.63. The molecule has 98 valence electrons. The standard InChI is InChI=1S/C12H17N3O3/c1-4-8-14(3)12(16)9-6-5-7-10(15(17)18)11(9)13-2/h5-7,13H,4,8H2,1-3H3. The van der Waals surface area contributed by atoms with Crippen molar-refractivity contribution in [3.8, 4) is 0 Å². The molecule has 1 rings (SSSR count). The number of para-hydroxylation sites is 1. The number of anilines is 1. The number of nitrogens with one attached hydrogen (secondary N) is 1. The highest BCUT2D eigenvalue weighted by Gasteiger charge is 2.22. The number of rotatable bonds is 5. The Kier molecular flexibility index (Phi) is 4.65. The molecule has 18 heavy (non-hydrogen) atoms. The summed E-state index contributed by atoms with van der Waals surface area (Å²) in [5, 5.41) is 13.6. The quantitative estimate of drug-likeness (QED) is 0.642. The van der Waals surface area contributed by atoms with Crippen LogP contribution in [0.5, 0.6) is 0 Å². The van der Waals surface area contributed by atoms with Gasteiger partial charge in [0.05, 0.1) is 10.5 Å². The smallest absolute Gasteiger partial charge is 0.293 e. The summed E-state index contributed by atoms with van der Waals surface area (Å²) in [5.74, 6) is -0.218. The van der Waals surface area contributed by atoms with Crippen molar-refractivity contribution in [2.45, 2.75) is 13.3 Å². The maximum Gasteiger partial charge on any atom is 0.293 e. The van der Waals surface area contributed by atoms with Crippen molar-refractivity contribution in [3.05, 3.63) is 33.9 Å². The van der Waals surface area contributed by atoms with Crippen LogP contribution in [-0.4, -0.2) is 36.4 Å². The second-order valence-corrected chi connectivity index (χ2v) is 3.93. The number of nitro benzene ring substituents is 1. The molecule has 0 unspecified atom stereocenters. The van der Waals surface area contributed by atoms with Crippen molar-refractivity contribution in [1.82, 2.24) is 4.90 Å². The number of hydrogen-bond donors (Lipinski definition) is 1. The molecular formula is C12H17N3O3. The third kappa shape index (κ3) is 2.77. The maximum atomic E-state index is 12.2. The van der Waals surface area contributed by atoms with Crippen LogP contribution in [-0.2, 0) is 0 Å². The average Bonchev–Trinajstić information content (AvgIpc) is 2.36. The lowest BCUT2D eigenvalue weighted by Crippen LogP contribution is -2.28. The van der Waals surface area contributed by atoms with Gasteiger partial charge in [-0.3, -0.25) is 14.9 Å². The fraction of sp³-hybridized carbons (Fsp3) is 0.417. The summed E-state index contributed by atoms with van der Waals surface area (Å²) in [4.78, 5) is 24.1. The molecule has 0 aromatic heterocycles. The van der Waals surface area contributed by atoms with Gasteiger partial charge in [-0.15, -0.1) is 0 Å². The Balaban J connectivity index is 3.20. The lowest BCUT2D eigenvalue weighted by atomic mass is 10.1. The molecule has 0 spiro atoms. The monoisotopic (exact) mass is 251 g/mol. The Hall–Kier alpha value is -2.11. The van der Waals surface area contributed by atoms with Gasteiger partial charge in [-0.1, -0.05) is 13.0 Å². The zero-order valence-electron chi connectivity index (χ0n) is 10.8. The number of carbonyl (C=O) groups is 1. The van der Waals surface area contributed by atoms with Crippen LogP contribution < -0.4 is 5.32 Å². The van der Waals surface area contributed by atoms with Crippen LogP contribution >= 0.6 is 0 Å². The summed E-state index contributed by atoms with van der Waals surface area (Å²) < 4.78 is 0. The molecule has 0 saturated heterocycles. The molecule has 0 fully saturated rings. The van der Waals surface area contributed by atoms with E-state index in [1.54, 1.807) is 25.1 Å². The highest BCUT2D eigenvalue weighted by atomic mass is 16.6. The first-order chi connectivity index (χ1) is 8.52. The first kappa shape index (κ1) is 14.0. The fourth-order valence-electron chi connectivity index (χ4n) is 1.78. The molecule has 0 aliphatic heterocycles. The van der Waals surface area contributed by atoms with E-state index in [1.807, 2.05) is 6.92 Å². The van der Waals surface area contributed by atoms with E-state index in [2.05, 4.69) is 5.32 Å². The van der Waals surface area contributed by atoms with E-state index in [-0.39, 0.29) is 17.3 Å². The zero-order valence-corrected chi connectivity index (χ0v) is 10.8. The summed E-state index contributed by atoms with van der Waals surface area (Å²) >= 11 is 0. The summed E-state index contributed by atoms with van der Waals surface area (Å²) in [6.07, 6.45) is 0.839. The highest BCUT2D eigenvalue weighted by molar-refractivity contribution is 6.01. The number of nitro groups is 1. The van der Waals surface area contributed by atoms with Crippen LogP contribution in [0, 0.1) is 10.1 Å². The Labute approximate surface area is 106 Å². The second-order valence-electron chi connectivity index (χ2n) is 3.93. The first-order valence-electron chi connectivity index (χ1n) is 5.73. The second kappa shape index (κ2) is 6.00. The van der Waals surface area contributed by atoms with Gasteiger partial charge in [-0.05, 0) is 12.5 Å². The van der Waals surface area contributed by atoms with Crippen LogP contribution in [0.2, 0.25) is 0 Å². The van der Waals surface area contributed by atoms with Crippen LogP contribution in [0.1, 0.15) is 23.7 Å². The molecule has 0 radical (unpaired) electrons. The molecule has 6 heteroatoms. The Bertz CT molecular complexity index is 460. The van der Waals surface area contributed by atoms with E-state index in [0.29, 0.717) is 12.1 Å². The lowest BCUT2D eigenvalue weighted by molar-refractivity contribution is -0.384. The summed E-state index contributed by atoms with van der Waals surface area (Å²) in [5.41, 5.74) is 0.492. The SMILES string of the molecule is CCCN(C)C(=O)c1cccc([N+](=O)[O-])c1NC. The molecule has 0 heterocycles. The van der Waals surface area contributed by atoms with Crippen molar-refractivity contribution in [1.29, 1.82) is 0 Å². The third-order valence-corrected chi connectivity index (χ3v) is 2.63. The number of carbonyl (C=O) groups excluding carboxylic acids is 1. The van der Waals surface area contributed by atoms with E-state index in [4.69, 9.17) is 0 Å². The van der Waals surface area contributed by atoms with E-state index < -0.39 is 4.92 Å². The van der Waals surface area contributed by atoms with Gasteiger partial charge < -0.3 is 10.2 Å². The molecule has 1 N–H and O–H groups in total. The van der Waals surface area contributed by atoms with Gasteiger partial charge in [0, 0.05) is 26.7 Å². The highest BCUT2D eigenvalue weighted by Crippen LogP contribution is 2.28. The predicted octanol–water partition coefficient (Wildman–Crippen LogP) is 2.12. The topological polar surface area (TPSA) is 75.5 Å². The molecule has 0 aliphatic carbocycles. The van der Waals surface area contributed by atoms with Crippen LogP contribution in [0.15, 0.2) is 18.2 Å². The molecular weight excluding hydrogens is 234 g/mol. The molecule has 0 aliphatic rings. The van der Waals surface area contributed by atoms with Gasteiger partial charge in [-0.25, -0.2) is 0 Å². The zero-order chi connectivity index (χ0) is 13.7. The summed E-state index contributed by atoms with van der Waals surface area (Å²) in [6.45, 7) is 2.58. The number of benzene rings is 1. The van der Waals surface area contributed by atoms with Gasteiger partial charge in [0.1, 0.15) is 5.69 Å². The van der Waals surface area contributed by atoms with Gasteiger partial charge in [0.25, 0.3) is 11.6 Å². The molecule has 0 saturated carbocycles. The van der Waals surface area contributed by atoms with Crippen LogP contribution in [0.25, 0.3) is 0 Å². The minimum absolute atomic E-state index is 0.0896. The summed E-state index contributed by atoms with van der Waals surface area (Å²) in [7, 11) is 3.25. The first-order valence-corrected chi connectivity index (χ1v) is 5.73. The lowest BCUT2D eigenvalue weighted by Gasteiger charge is -2.18. The normalized spacial score (nSPS) is 9.94. The van der Waals surface area contributed by atoms with Crippen LogP contribution in [0.3, 0.4) is 0 Å². The molecule has 0 atom stereocenters. The minimum atomic E-state index is -0.498. The number of hydrogen-bond acceptors (Lipinski definition) is 4. The summed E-state index contributed by atoms with van der Waals surface area (Å²) in [6, 6.07) is 4.49. The van der Waals surface area contributed by atoms with Crippen molar-refractivity contribution >= 4 is 17.3 Å². The molecule has 1 aromatic rings. The minimum Gasteiger partial charge on any atom is -0.382 e. The van der Waals surface area contributed by atoms with E-state index in [0.717, 1.165) is 6.42 Å². The van der Waals surface area contributed by atoms with E-state index in [1.165, 1.54) is 12.1 Å². The Morgan fingerprint density at radius 1 is 1.50 bits per heavy atom. The number of nitrogens with zero attached hydrogens (tertiary/aromatic N) is 2. The molecule has 1 amide bonds. The predicted molar refractivity (Wildman–Crippen MR) is 69.9 cm³/mol. The Morgan fingerprint density at radius 2 is 2.17 bits per heavy atom. The van der Waals surface area contributed by atoms with Gasteiger partial charge >= 0.3 is 0 Å². The Morgan fingerprint density at radius 3 is 2.67 bits per heavy atom. The largest absolute Gasteiger partial charge is 0.382 e. The molecule has 0 bridgehead atoms. The fourth-order valence-corrected chi connectivity index (χ4v) is 1.78. The average molecular weight is 251 g/mol. The van der Waals surface area contributed by atoms with Gasteiger partial charge in [0.2, 0.25) is 0 Å².